The molecule has 0 fully saturated rings. The van der Waals surface area contributed by atoms with Crippen molar-refractivity contribution >= 4 is 33.4 Å². The average Bonchev–Trinajstić information content (AvgIpc) is 3.51. The Bertz CT molecular complexity index is 1560. The molecule has 0 unspecified atom stereocenters. The van der Waals surface area contributed by atoms with E-state index in [1.165, 1.54) is 10.9 Å². The van der Waals surface area contributed by atoms with Crippen LogP contribution < -0.4 is 0 Å². The van der Waals surface area contributed by atoms with Crippen LogP contribution in [-0.4, -0.2) is 30.1 Å². The number of imidazole rings is 1. The van der Waals surface area contributed by atoms with Gasteiger partial charge in [-0.05, 0) is 48.9 Å². The quantitative estimate of drug-likeness (QED) is 0.378. The Hall–Kier alpha value is -3.91. The van der Waals surface area contributed by atoms with Gasteiger partial charge in [-0.3, -0.25) is 10.1 Å². The standard InChI is InChI=1S/C23H15FN6S/c1-12-4-5-18(31-12)15-6-8-26-22-20(15)27-23(28-22)21-16-9-14(13-3-2-7-25-11-13)10-17(24)19(16)29-30-21/h2-11H,1H3,(H,29,30)(H,26,27,28). The van der Waals surface area contributed by atoms with Crippen LogP contribution in [0.4, 0.5) is 4.39 Å². The molecule has 31 heavy (non-hydrogen) atoms. The van der Waals surface area contributed by atoms with Crippen LogP contribution in [0.15, 0.2) is 61.1 Å². The van der Waals surface area contributed by atoms with Gasteiger partial charge in [0.25, 0.3) is 0 Å². The maximum absolute atomic E-state index is 14.8. The molecule has 150 valence electrons. The molecular weight excluding hydrogens is 411 g/mol. The van der Waals surface area contributed by atoms with Crippen molar-refractivity contribution in [2.45, 2.75) is 6.92 Å². The van der Waals surface area contributed by atoms with Crippen molar-refractivity contribution in [2.24, 2.45) is 0 Å². The van der Waals surface area contributed by atoms with Gasteiger partial charge in [0.1, 0.15) is 11.2 Å². The van der Waals surface area contributed by atoms with Crippen molar-refractivity contribution in [1.82, 2.24) is 30.1 Å². The Morgan fingerprint density at radius 2 is 1.97 bits per heavy atom. The van der Waals surface area contributed by atoms with Gasteiger partial charge < -0.3 is 4.98 Å². The van der Waals surface area contributed by atoms with E-state index >= 15 is 0 Å². The van der Waals surface area contributed by atoms with Crippen LogP contribution in [0, 0.1) is 12.7 Å². The summed E-state index contributed by atoms with van der Waals surface area (Å²) in [6.45, 7) is 2.08. The average molecular weight is 426 g/mol. The summed E-state index contributed by atoms with van der Waals surface area (Å²) in [4.78, 5) is 19.0. The molecule has 6 nitrogen and oxygen atoms in total. The van der Waals surface area contributed by atoms with E-state index in [2.05, 4.69) is 49.2 Å². The topological polar surface area (TPSA) is 83.1 Å². The third-order valence-electron chi connectivity index (χ3n) is 5.24. The maximum atomic E-state index is 14.8. The number of thiophene rings is 1. The zero-order valence-corrected chi connectivity index (χ0v) is 17.2. The van der Waals surface area contributed by atoms with Crippen LogP contribution in [0.2, 0.25) is 0 Å². The molecule has 0 aliphatic heterocycles. The van der Waals surface area contributed by atoms with E-state index in [-0.39, 0.29) is 5.52 Å². The summed E-state index contributed by atoms with van der Waals surface area (Å²) in [5, 5.41) is 7.78. The Kier molecular flexibility index (Phi) is 3.94. The lowest BCUT2D eigenvalue weighted by Crippen LogP contribution is -1.85. The molecule has 0 aliphatic carbocycles. The number of aromatic nitrogens is 6. The number of hydrogen-bond donors (Lipinski definition) is 2. The van der Waals surface area contributed by atoms with Crippen LogP contribution in [0.1, 0.15) is 4.88 Å². The van der Waals surface area contributed by atoms with E-state index in [0.29, 0.717) is 22.6 Å². The molecule has 0 saturated heterocycles. The van der Waals surface area contributed by atoms with E-state index in [1.54, 1.807) is 29.9 Å². The van der Waals surface area contributed by atoms with Gasteiger partial charge in [0.15, 0.2) is 17.3 Å². The smallest absolute Gasteiger partial charge is 0.178 e. The molecule has 1 aromatic carbocycles. The fourth-order valence-corrected chi connectivity index (χ4v) is 4.67. The Morgan fingerprint density at radius 1 is 1.03 bits per heavy atom. The SMILES string of the molecule is Cc1ccc(-c2ccnc3nc(-c4[nH]nc5c(F)cc(-c6cccnc6)cc45)[nH]c23)s1. The second kappa shape index (κ2) is 6.82. The number of H-pyrrole nitrogens is 2. The molecule has 6 rings (SSSR count). The molecule has 0 saturated carbocycles. The van der Waals surface area contributed by atoms with Gasteiger partial charge >= 0.3 is 0 Å². The molecule has 8 heteroatoms. The molecule has 2 N–H and O–H groups in total. The Labute approximate surface area is 179 Å². The van der Waals surface area contributed by atoms with Gasteiger partial charge in [-0.15, -0.1) is 11.3 Å². The lowest BCUT2D eigenvalue weighted by molar-refractivity contribution is 0.636. The Balaban J connectivity index is 1.55. The number of halogens is 1. The highest BCUT2D eigenvalue weighted by molar-refractivity contribution is 7.15. The normalized spacial score (nSPS) is 11.5. The van der Waals surface area contributed by atoms with Crippen molar-refractivity contribution in [3.8, 4) is 33.1 Å². The predicted molar refractivity (Wildman–Crippen MR) is 120 cm³/mol. The second-order valence-electron chi connectivity index (χ2n) is 7.25. The first kappa shape index (κ1) is 17.9. The number of nitrogens with zero attached hydrogens (tertiary/aromatic N) is 4. The monoisotopic (exact) mass is 426 g/mol. The summed E-state index contributed by atoms with van der Waals surface area (Å²) >= 11 is 1.72. The zero-order chi connectivity index (χ0) is 20.9. The molecule has 0 atom stereocenters. The van der Waals surface area contributed by atoms with Crippen molar-refractivity contribution in [2.75, 3.05) is 0 Å². The van der Waals surface area contributed by atoms with E-state index < -0.39 is 5.82 Å². The molecule has 5 heterocycles. The Morgan fingerprint density at radius 3 is 2.77 bits per heavy atom. The third-order valence-corrected chi connectivity index (χ3v) is 6.28. The van der Waals surface area contributed by atoms with Crippen molar-refractivity contribution in [3.63, 3.8) is 0 Å². The number of pyridine rings is 2. The van der Waals surface area contributed by atoms with Crippen LogP contribution in [0.3, 0.4) is 0 Å². The van der Waals surface area contributed by atoms with Crippen molar-refractivity contribution < 1.29 is 4.39 Å². The number of benzene rings is 1. The van der Waals surface area contributed by atoms with Crippen molar-refractivity contribution in [3.05, 3.63) is 71.7 Å². The summed E-state index contributed by atoms with van der Waals surface area (Å²) in [5.74, 6) is 0.163. The highest BCUT2D eigenvalue weighted by atomic mass is 32.1. The van der Waals surface area contributed by atoms with Gasteiger partial charge in [-0.25, -0.2) is 14.4 Å². The van der Waals surface area contributed by atoms with Gasteiger partial charge in [0, 0.05) is 44.9 Å². The van der Waals surface area contributed by atoms with E-state index in [1.807, 2.05) is 24.3 Å². The number of fused-ring (bicyclic) bond motifs is 2. The largest absolute Gasteiger partial charge is 0.335 e. The van der Waals surface area contributed by atoms with Crippen LogP contribution in [-0.2, 0) is 0 Å². The molecular formula is C23H15FN6S. The second-order valence-corrected chi connectivity index (χ2v) is 8.54. The minimum Gasteiger partial charge on any atom is -0.335 e. The zero-order valence-electron chi connectivity index (χ0n) is 16.3. The summed E-state index contributed by atoms with van der Waals surface area (Å²) in [5.41, 5.74) is 4.92. The van der Waals surface area contributed by atoms with Crippen LogP contribution in [0.5, 0.6) is 0 Å². The van der Waals surface area contributed by atoms with Crippen molar-refractivity contribution in [1.29, 1.82) is 0 Å². The molecule has 0 bridgehead atoms. The number of nitrogens with one attached hydrogen (secondary N) is 2. The van der Waals surface area contributed by atoms with Gasteiger partial charge in [-0.1, -0.05) is 6.07 Å². The minimum atomic E-state index is -0.400. The molecule has 6 aromatic rings. The third kappa shape index (κ3) is 2.91. The maximum Gasteiger partial charge on any atom is 0.178 e. The summed E-state index contributed by atoms with van der Waals surface area (Å²) in [6, 6.07) is 13.3. The first-order chi connectivity index (χ1) is 15.2. The lowest BCUT2D eigenvalue weighted by Gasteiger charge is -2.02. The van der Waals surface area contributed by atoms with E-state index in [4.69, 9.17) is 0 Å². The molecule has 0 spiro atoms. The minimum absolute atomic E-state index is 0.269. The highest BCUT2D eigenvalue weighted by Crippen LogP contribution is 2.35. The van der Waals surface area contributed by atoms with Crippen LogP contribution in [0.25, 0.3) is 55.2 Å². The summed E-state index contributed by atoms with van der Waals surface area (Å²) in [7, 11) is 0. The fraction of sp³-hybridized carbons (Fsp3) is 0.0435. The van der Waals surface area contributed by atoms with E-state index in [0.717, 1.165) is 27.1 Å². The van der Waals surface area contributed by atoms with E-state index in [9.17, 15) is 4.39 Å². The summed E-state index contributed by atoms with van der Waals surface area (Å²) < 4.78 is 14.8. The lowest BCUT2D eigenvalue weighted by atomic mass is 10.0. The number of aryl methyl sites for hydroxylation is 1. The first-order valence-corrected chi connectivity index (χ1v) is 10.5. The first-order valence-electron chi connectivity index (χ1n) is 9.67. The van der Waals surface area contributed by atoms with Crippen LogP contribution >= 0.6 is 11.3 Å². The number of hydrogen-bond acceptors (Lipinski definition) is 5. The van der Waals surface area contributed by atoms with Gasteiger partial charge in [0.2, 0.25) is 0 Å². The number of aromatic amines is 2. The number of rotatable bonds is 3. The molecule has 5 aromatic heterocycles. The van der Waals surface area contributed by atoms with Gasteiger partial charge in [0.05, 0.1) is 5.52 Å². The van der Waals surface area contributed by atoms with Gasteiger partial charge in [-0.2, -0.15) is 5.10 Å². The highest BCUT2D eigenvalue weighted by Gasteiger charge is 2.18. The predicted octanol–water partition coefficient (Wildman–Crippen LogP) is 5.74. The molecule has 0 radical (unpaired) electrons. The fourth-order valence-electron chi connectivity index (χ4n) is 3.77. The molecule has 0 amide bonds. The molecule has 0 aliphatic rings. The summed E-state index contributed by atoms with van der Waals surface area (Å²) in [6.07, 6.45) is 5.15.